The van der Waals surface area contributed by atoms with Gasteiger partial charge in [0.15, 0.2) is 5.82 Å². The lowest BCUT2D eigenvalue weighted by Gasteiger charge is -2.08. The molecule has 2 amide bonds. The third-order valence-corrected chi connectivity index (χ3v) is 4.64. The summed E-state index contributed by atoms with van der Waals surface area (Å²) in [5.74, 6) is 0.532. The standard InChI is InChI=1S/C21H18N4O3/c26-20(15-4-1-3-14(11-15)17-12-18(17)25-21(27)28)24-16-7-5-13(6-8-16)19-22-9-2-10-23-19/h1-11,17-18,25H,12H2,(H,24,26)(H,27,28). The molecule has 7 nitrogen and oxygen atoms in total. The zero-order chi connectivity index (χ0) is 19.5. The third-order valence-electron chi connectivity index (χ3n) is 4.64. The van der Waals surface area contributed by atoms with Gasteiger partial charge in [-0.15, -0.1) is 0 Å². The molecule has 1 aliphatic carbocycles. The number of hydrogen-bond acceptors (Lipinski definition) is 4. The van der Waals surface area contributed by atoms with Crippen molar-refractivity contribution in [1.29, 1.82) is 0 Å². The molecule has 3 N–H and O–H groups in total. The molecule has 140 valence electrons. The maximum absolute atomic E-state index is 12.6. The first-order valence-electron chi connectivity index (χ1n) is 8.88. The highest BCUT2D eigenvalue weighted by Gasteiger charge is 2.39. The van der Waals surface area contributed by atoms with E-state index in [2.05, 4.69) is 20.6 Å². The van der Waals surface area contributed by atoms with E-state index in [9.17, 15) is 9.59 Å². The maximum atomic E-state index is 12.6. The Morgan fingerprint density at radius 1 is 1.00 bits per heavy atom. The summed E-state index contributed by atoms with van der Waals surface area (Å²) in [5.41, 5.74) is 3.04. The van der Waals surface area contributed by atoms with Crippen LogP contribution in [0.5, 0.6) is 0 Å². The lowest BCUT2D eigenvalue weighted by Crippen LogP contribution is -2.24. The number of benzene rings is 2. The normalized spacial score (nSPS) is 17.6. The Hall–Kier alpha value is -3.74. The number of rotatable bonds is 5. The molecule has 2 atom stereocenters. The number of aromatic nitrogens is 2. The molecule has 7 heteroatoms. The fourth-order valence-electron chi connectivity index (χ4n) is 3.15. The largest absolute Gasteiger partial charge is 0.465 e. The van der Waals surface area contributed by atoms with Gasteiger partial charge in [0.1, 0.15) is 0 Å². The number of carboxylic acid groups (broad SMARTS) is 1. The minimum Gasteiger partial charge on any atom is -0.465 e. The van der Waals surface area contributed by atoms with E-state index in [0.29, 0.717) is 17.1 Å². The monoisotopic (exact) mass is 374 g/mol. The van der Waals surface area contributed by atoms with E-state index < -0.39 is 6.09 Å². The van der Waals surface area contributed by atoms with Crippen LogP contribution in [0.1, 0.15) is 28.3 Å². The summed E-state index contributed by atoms with van der Waals surface area (Å²) in [5, 5.41) is 14.2. The number of carbonyl (C=O) groups is 2. The van der Waals surface area contributed by atoms with Crippen LogP contribution < -0.4 is 10.6 Å². The van der Waals surface area contributed by atoms with Crippen molar-refractivity contribution in [3.8, 4) is 11.4 Å². The number of nitrogens with zero attached hydrogens (tertiary/aromatic N) is 2. The highest BCUT2D eigenvalue weighted by Crippen LogP contribution is 2.41. The lowest BCUT2D eigenvalue weighted by molar-refractivity contribution is 0.102. The van der Waals surface area contributed by atoms with Gasteiger partial charge in [0.2, 0.25) is 0 Å². The van der Waals surface area contributed by atoms with Crippen LogP contribution in [0.25, 0.3) is 11.4 Å². The molecular weight excluding hydrogens is 356 g/mol. The van der Waals surface area contributed by atoms with E-state index in [0.717, 1.165) is 17.5 Å². The summed E-state index contributed by atoms with van der Waals surface area (Å²) in [6.45, 7) is 0. The summed E-state index contributed by atoms with van der Waals surface area (Å²) in [7, 11) is 0. The van der Waals surface area contributed by atoms with Crippen molar-refractivity contribution in [1.82, 2.24) is 15.3 Å². The predicted molar refractivity (Wildman–Crippen MR) is 104 cm³/mol. The molecule has 0 saturated heterocycles. The van der Waals surface area contributed by atoms with E-state index >= 15 is 0 Å². The molecule has 0 spiro atoms. The molecule has 0 radical (unpaired) electrons. The lowest BCUT2D eigenvalue weighted by atomic mass is 10.1. The molecule has 1 aromatic heterocycles. The quantitative estimate of drug-likeness (QED) is 0.634. The van der Waals surface area contributed by atoms with Crippen molar-refractivity contribution in [3.05, 3.63) is 78.1 Å². The Kier molecular flexibility index (Phi) is 4.72. The Balaban J connectivity index is 1.43. The first-order valence-corrected chi connectivity index (χ1v) is 8.88. The summed E-state index contributed by atoms with van der Waals surface area (Å²) in [6.07, 6.45) is 3.09. The molecule has 1 saturated carbocycles. The maximum Gasteiger partial charge on any atom is 0.404 e. The smallest absolute Gasteiger partial charge is 0.404 e. The highest BCUT2D eigenvalue weighted by molar-refractivity contribution is 6.04. The first-order chi connectivity index (χ1) is 13.6. The average Bonchev–Trinajstić information content (AvgIpc) is 3.48. The third kappa shape index (κ3) is 3.98. The van der Waals surface area contributed by atoms with Crippen LogP contribution in [0.2, 0.25) is 0 Å². The number of anilines is 1. The Morgan fingerprint density at radius 2 is 1.75 bits per heavy atom. The van der Waals surface area contributed by atoms with Crippen LogP contribution in [-0.2, 0) is 0 Å². The van der Waals surface area contributed by atoms with Gasteiger partial charge >= 0.3 is 6.09 Å². The van der Waals surface area contributed by atoms with Crippen LogP contribution >= 0.6 is 0 Å². The van der Waals surface area contributed by atoms with E-state index in [1.165, 1.54) is 0 Å². The summed E-state index contributed by atoms with van der Waals surface area (Å²) >= 11 is 0. The predicted octanol–water partition coefficient (Wildman–Crippen LogP) is 3.52. The van der Waals surface area contributed by atoms with Gasteiger partial charge in [0.25, 0.3) is 5.91 Å². The van der Waals surface area contributed by atoms with Gasteiger partial charge in [0, 0.05) is 41.2 Å². The van der Waals surface area contributed by atoms with Crippen LogP contribution in [0.4, 0.5) is 10.5 Å². The number of nitrogens with one attached hydrogen (secondary N) is 2. The van der Waals surface area contributed by atoms with Gasteiger partial charge < -0.3 is 15.7 Å². The first kappa shape index (κ1) is 17.7. The van der Waals surface area contributed by atoms with Gasteiger partial charge in [-0.25, -0.2) is 14.8 Å². The van der Waals surface area contributed by atoms with Crippen molar-refractivity contribution < 1.29 is 14.7 Å². The Labute approximate surface area is 161 Å². The molecule has 2 aromatic carbocycles. The molecule has 1 fully saturated rings. The molecule has 3 aromatic rings. The number of amides is 2. The zero-order valence-electron chi connectivity index (χ0n) is 14.9. The van der Waals surface area contributed by atoms with E-state index in [4.69, 9.17) is 5.11 Å². The van der Waals surface area contributed by atoms with Gasteiger partial charge in [-0.3, -0.25) is 4.79 Å². The van der Waals surface area contributed by atoms with Crippen molar-refractivity contribution >= 4 is 17.7 Å². The molecule has 0 bridgehead atoms. The van der Waals surface area contributed by atoms with Crippen molar-refractivity contribution in [3.63, 3.8) is 0 Å². The molecule has 1 heterocycles. The SMILES string of the molecule is O=C(O)NC1CC1c1cccc(C(=O)Nc2ccc(-c3ncccn3)cc2)c1. The topological polar surface area (TPSA) is 104 Å². The minimum absolute atomic E-state index is 0.0800. The molecule has 1 aliphatic rings. The molecule has 28 heavy (non-hydrogen) atoms. The van der Waals surface area contributed by atoms with Gasteiger partial charge in [0.05, 0.1) is 0 Å². The molecule has 4 rings (SSSR count). The second-order valence-corrected chi connectivity index (χ2v) is 6.63. The summed E-state index contributed by atoms with van der Waals surface area (Å²) in [6, 6.07) is 16.3. The Bertz CT molecular complexity index is 1010. The van der Waals surface area contributed by atoms with Crippen LogP contribution in [0.15, 0.2) is 67.0 Å². The van der Waals surface area contributed by atoms with Crippen LogP contribution in [0.3, 0.4) is 0 Å². The molecule has 2 unspecified atom stereocenters. The van der Waals surface area contributed by atoms with E-state index in [1.54, 1.807) is 36.7 Å². The zero-order valence-corrected chi connectivity index (χ0v) is 14.9. The van der Waals surface area contributed by atoms with Gasteiger partial charge in [-0.2, -0.15) is 0 Å². The van der Waals surface area contributed by atoms with Gasteiger partial charge in [-0.1, -0.05) is 12.1 Å². The second kappa shape index (κ2) is 7.48. The highest BCUT2D eigenvalue weighted by atomic mass is 16.4. The van der Waals surface area contributed by atoms with Crippen LogP contribution in [0, 0.1) is 0 Å². The van der Waals surface area contributed by atoms with E-state index in [1.807, 2.05) is 30.3 Å². The summed E-state index contributed by atoms with van der Waals surface area (Å²) < 4.78 is 0. The fourth-order valence-corrected chi connectivity index (χ4v) is 3.15. The van der Waals surface area contributed by atoms with Crippen molar-refractivity contribution in [2.24, 2.45) is 0 Å². The van der Waals surface area contributed by atoms with Crippen LogP contribution in [-0.4, -0.2) is 33.1 Å². The van der Waals surface area contributed by atoms with Gasteiger partial charge in [-0.05, 0) is 54.4 Å². The fraction of sp³-hybridized carbons (Fsp3) is 0.143. The molecular formula is C21H18N4O3. The number of hydrogen-bond donors (Lipinski definition) is 3. The molecule has 0 aliphatic heterocycles. The number of carbonyl (C=O) groups excluding carboxylic acids is 1. The van der Waals surface area contributed by atoms with E-state index in [-0.39, 0.29) is 17.9 Å². The van der Waals surface area contributed by atoms with Crippen molar-refractivity contribution in [2.45, 2.75) is 18.4 Å². The van der Waals surface area contributed by atoms with Crippen molar-refractivity contribution in [2.75, 3.05) is 5.32 Å². The average molecular weight is 374 g/mol. The minimum atomic E-state index is -1.02. The Morgan fingerprint density at radius 3 is 2.46 bits per heavy atom. The second-order valence-electron chi connectivity index (χ2n) is 6.63. The summed E-state index contributed by atoms with van der Waals surface area (Å²) in [4.78, 5) is 31.7.